The maximum absolute atomic E-state index is 13.2. The average molecular weight is 262 g/mol. The SMILES string of the molecule is CCOC(=O)Nc1ccc(Br)cc1F. The van der Waals surface area contributed by atoms with E-state index in [4.69, 9.17) is 0 Å². The molecule has 0 atom stereocenters. The highest BCUT2D eigenvalue weighted by Gasteiger charge is 2.06. The van der Waals surface area contributed by atoms with Crippen LogP contribution in [0.15, 0.2) is 22.7 Å². The Morgan fingerprint density at radius 1 is 1.64 bits per heavy atom. The minimum atomic E-state index is -0.659. The van der Waals surface area contributed by atoms with E-state index < -0.39 is 11.9 Å². The highest BCUT2D eigenvalue weighted by molar-refractivity contribution is 9.10. The monoisotopic (exact) mass is 261 g/mol. The van der Waals surface area contributed by atoms with E-state index in [1.54, 1.807) is 13.0 Å². The molecular formula is C9H9BrFNO2. The standard InChI is InChI=1S/C9H9BrFNO2/c1-2-14-9(13)12-8-4-3-6(10)5-7(8)11/h3-5H,2H2,1H3,(H,12,13). The third kappa shape index (κ3) is 2.99. The van der Waals surface area contributed by atoms with Gasteiger partial charge < -0.3 is 4.74 Å². The summed E-state index contributed by atoms with van der Waals surface area (Å²) in [6.45, 7) is 1.93. The molecule has 0 unspecified atom stereocenters. The van der Waals surface area contributed by atoms with Gasteiger partial charge in [-0.05, 0) is 25.1 Å². The number of benzene rings is 1. The van der Waals surface area contributed by atoms with Crippen molar-refractivity contribution in [3.63, 3.8) is 0 Å². The van der Waals surface area contributed by atoms with Crippen LogP contribution in [0.4, 0.5) is 14.9 Å². The Morgan fingerprint density at radius 3 is 2.93 bits per heavy atom. The lowest BCUT2D eigenvalue weighted by atomic mass is 10.3. The summed E-state index contributed by atoms with van der Waals surface area (Å²) in [5.41, 5.74) is 0.103. The third-order valence-electron chi connectivity index (χ3n) is 1.44. The molecule has 0 aliphatic rings. The van der Waals surface area contributed by atoms with Crippen molar-refractivity contribution in [3.05, 3.63) is 28.5 Å². The van der Waals surface area contributed by atoms with Gasteiger partial charge >= 0.3 is 6.09 Å². The number of rotatable bonds is 2. The van der Waals surface area contributed by atoms with Crippen LogP contribution in [0.25, 0.3) is 0 Å². The van der Waals surface area contributed by atoms with E-state index in [1.807, 2.05) is 0 Å². The van der Waals surface area contributed by atoms with E-state index in [9.17, 15) is 9.18 Å². The van der Waals surface area contributed by atoms with E-state index in [0.29, 0.717) is 4.47 Å². The lowest BCUT2D eigenvalue weighted by Gasteiger charge is -2.05. The summed E-state index contributed by atoms with van der Waals surface area (Å²) in [6, 6.07) is 4.35. The Balaban J connectivity index is 2.72. The number of carbonyl (C=O) groups is 1. The molecule has 3 nitrogen and oxygen atoms in total. The van der Waals surface area contributed by atoms with Gasteiger partial charge in [-0.3, -0.25) is 5.32 Å². The highest BCUT2D eigenvalue weighted by Crippen LogP contribution is 2.19. The first-order chi connectivity index (χ1) is 6.63. The summed E-state index contributed by atoms with van der Waals surface area (Å²) >= 11 is 3.11. The van der Waals surface area contributed by atoms with Crippen LogP contribution in [-0.2, 0) is 4.74 Å². The molecule has 0 fully saturated rings. The topological polar surface area (TPSA) is 38.3 Å². The first-order valence-electron chi connectivity index (χ1n) is 4.02. The first-order valence-corrected chi connectivity index (χ1v) is 4.81. The van der Waals surface area contributed by atoms with E-state index in [0.717, 1.165) is 0 Å². The molecule has 0 bridgehead atoms. The molecule has 1 aromatic rings. The van der Waals surface area contributed by atoms with Gasteiger partial charge in [0, 0.05) is 4.47 Å². The normalized spacial score (nSPS) is 9.64. The molecule has 0 spiro atoms. The van der Waals surface area contributed by atoms with Gasteiger partial charge in [0.05, 0.1) is 12.3 Å². The molecule has 0 radical (unpaired) electrons. The molecule has 0 saturated carbocycles. The average Bonchev–Trinajstić information content (AvgIpc) is 2.10. The number of amides is 1. The van der Waals surface area contributed by atoms with Crippen molar-refractivity contribution in [2.75, 3.05) is 11.9 Å². The van der Waals surface area contributed by atoms with Crippen molar-refractivity contribution in [1.82, 2.24) is 0 Å². The molecule has 14 heavy (non-hydrogen) atoms. The number of hydrogen-bond donors (Lipinski definition) is 1. The Morgan fingerprint density at radius 2 is 2.36 bits per heavy atom. The van der Waals surface area contributed by atoms with Crippen molar-refractivity contribution in [1.29, 1.82) is 0 Å². The highest BCUT2D eigenvalue weighted by atomic mass is 79.9. The maximum atomic E-state index is 13.2. The van der Waals surface area contributed by atoms with Crippen molar-refractivity contribution in [2.24, 2.45) is 0 Å². The lowest BCUT2D eigenvalue weighted by molar-refractivity contribution is 0.168. The summed E-state index contributed by atoms with van der Waals surface area (Å²) < 4.78 is 18.4. The zero-order chi connectivity index (χ0) is 10.6. The van der Waals surface area contributed by atoms with Gasteiger partial charge in [-0.25, -0.2) is 9.18 Å². The van der Waals surface area contributed by atoms with Crippen LogP contribution in [0.5, 0.6) is 0 Å². The van der Waals surface area contributed by atoms with Crippen molar-refractivity contribution in [3.8, 4) is 0 Å². The summed E-state index contributed by atoms with van der Waals surface area (Å²) in [6.07, 6.45) is -0.659. The van der Waals surface area contributed by atoms with E-state index in [1.165, 1.54) is 12.1 Å². The number of anilines is 1. The van der Waals surface area contributed by atoms with Gasteiger partial charge in [0.15, 0.2) is 0 Å². The number of nitrogens with one attached hydrogen (secondary N) is 1. The smallest absolute Gasteiger partial charge is 0.411 e. The summed E-state index contributed by atoms with van der Waals surface area (Å²) in [4.78, 5) is 10.9. The van der Waals surface area contributed by atoms with Gasteiger partial charge in [-0.2, -0.15) is 0 Å². The Kier molecular flexibility index (Phi) is 3.88. The van der Waals surface area contributed by atoms with Crippen molar-refractivity contribution in [2.45, 2.75) is 6.92 Å². The van der Waals surface area contributed by atoms with Gasteiger partial charge in [0.1, 0.15) is 5.82 Å². The Labute approximate surface area is 89.4 Å². The predicted octanol–water partition coefficient (Wildman–Crippen LogP) is 3.16. The van der Waals surface area contributed by atoms with Gasteiger partial charge in [-0.1, -0.05) is 15.9 Å². The molecular weight excluding hydrogens is 253 g/mol. The fourth-order valence-electron chi connectivity index (χ4n) is 0.868. The summed E-state index contributed by atoms with van der Waals surface area (Å²) in [7, 11) is 0. The predicted molar refractivity (Wildman–Crippen MR) is 54.7 cm³/mol. The van der Waals surface area contributed by atoms with Crippen molar-refractivity contribution < 1.29 is 13.9 Å². The van der Waals surface area contributed by atoms with Crippen LogP contribution in [0.2, 0.25) is 0 Å². The van der Waals surface area contributed by atoms with Crippen LogP contribution in [0, 0.1) is 5.82 Å². The quantitative estimate of drug-likeness (QED) is 0.888. The van der Waals surface area contributed by atoms with Crippen LogP contribution in [0.3, 0.4) is 0 Å². The van der Waals surface area contributed by atoms with Crippen LogP contribution in [-0.4, -0.2) is 12.7 Å². The number of hydrogen-bond acceptors (Lipinski definition) is 2. The Bertz CT molecular complexity index is 344. The third-order valence-corrected chi connectivity index (χ3v) is 1.94. The number of halogens is 2. The zero-order valence-corrected chi connectivity index (χ0v) is 9.10. The summed E-state index contributed by atoms with van der Waals surface area (Å²) in [5, 5.41) is 2.28. The lowest BCUT2D eigenvalue weighted by Crippen LogP contribution is -2.14. The molecule has 0 aliphatic carbocycles. The molecule has 1 aromatic carbocycles. The molecule has 0 aliphatic heterocycles. The van der Waals surface area contributed by atoms with Gasteiger partial charge in [0.2, 0.25) is 0 Å². The minimum absolute atomic E-state index is 0.103. The fourth-order valence-corrected chi connectivity index (χ4v) is 1.20. The number of carbonyl (C=O) groups excluding carboxylic acids is 1. The molecule has 0 heterocycles. The molecule has 1 amide bonds. The zero-order valence-electron chi connectivity index (χ0n) is 7.51. The second-order valence-electron chi connectivity index (χ2n) is 2.47. The molecule has 0 aromatic heterocycles. The first kappa shape index (κ1) is 11.0. The largest absolute Gasteiger partial charge is 0.450 e. The summed E-state index contributed by atoms with van der Waals surface area (Å²) in [5.74, 6) is -0.507. The maximum Gasteiger partial charge on any atom is 0.411 e. The van der Waals surface area contributed by atoms with E-state index in [2.05, 4.69) is 26.0 Å². The molecule has 76 valence electrons. The minimum Gasteiger partial charge on any atom is -0.450 e. The number of ether oxygens (including phenoxy) is 1. The van der Waals surface area contributed by atoms with E-state index in [-0.39, 0.29) is 12.3 Å². The molecule has 1 N–H and O–H groups in total. The van der Waals surface area contributed by atoms with E-state index >= 15 is 0 Å². The molecule has 0 saturated heterocycles. The second kappa shape index (κ2) is 4.95. The van der Waals surface area contributed by atoms with Crippen LogP contribution >= 0.6 is 15.9 Å². The Hall–Kier alpha value is -1.10. The van der Waals surface area contributed by atoms with Gasteiger partial charge in [0.25, 0.3) is 0 Å². The van der Waals surface area contributed by atoms with Gasteiger partial charge in [-0.15, -0.1) is 0 Å². The van der Waals surface area contributed by atoms with Crippen molar-refractivity contribution >= 4 is 27.7 Å². The second-order valence-corrected chi connectivity index (χ2v) is 3.39. The molecule has 5 heteroatoms. The van der Waals surface area contributed by atoms with Crippen LogP contribution in [0.1, 0.15) is 6.92 Å². The molecule has 1 rings (SSSR count). The fraction of sp³-hybridized carbons (Fsp3) is 0.222. The van der Waals surface area contributed by atoms with Crippen LogP contribution < -0.4 is 5.32 Å².